The molecule has 0 aromatic carbocycles. The maximum Gasteiger partial charge on any atom is 0.241 e. The van der Waals surface area contributed by atoms with Gasteiger partial charge in [-0.3, -0.25) is 4.79 Å². The highest BCUT2D eigenvalue weighted by Gasteiger charge is 2.18. The Morgan fingerprint density at radius 1 is 1.41 bits per heavy atom. The van der Waals surface area contributed by atoms with Crippen LogP contribution in [0.2, 0.25) is 10.3 Å². The molecule has 0 saturated heterocycles. The van der Waals surface area contributed by atoms with Crippen molar-refractivity contribution in [3.63, 3.8) is 0 Å². The van der Waals surface area contributed by atoms with Crippen LogP contribution < -0.4 is 11.1 Å². The Balaban J connectivity index is 2.74. The molecule has 0 aliphatic rings. The molecule has 0 bridgehead atoms. The van der Waals surface area contributed by atoms with Crippen molar-refractivity contribution in [1.82, 2.24) is 9.97 Å². The lowest BCUT2D eigenvalue weighted by Crippen LogP contribution is -2.36. The summed E-state index contributed by atoms with van der Waals surface area (Å²) < 4.78 is 0. The fraction of sp³-hybridized carbons (Fsp3) is 0.500. The average molecular weight is 277 g/mol. The normalized spacial score (nSPS) is 12.6. The summed E-state index contributed by atoms with van der Waals surface area (Å²) in [6, 6.07) is -0.609. The second-order valence-electron chi connectivity index (χ2n) is 4.06. The standard InChI is InChI=1S/C10H14Cl2N4O/c1-5(2)3-6(13)10(17)16-7-8(11)14-4-15-9(7)12/h4-6H,3,13H2,1-2H3,(H,16,17). The molecule has 1 aromatic heterocycles. The van der Waals surface area contributed by atoms with Crippen molar-refractivity contribution < 1.29 is 4.79 Å². The van der Waals surface area contributed by atoms with Crippen molar-refractivity contribution in [3.05, 3.63) is 16.6 Å². The van der Waals surface area contributed by atoms with E-state index >= 15 is 0 Å². The Morgan fingerprint density at radius 2 is 1.94 bits per heavy atom. The van der Waals surface area contributed by atoms with Crippen LogP contribution in [0.5, 0.6) is 0 Å². The Kier molecular flexibility index (Phi) is 5.11. The number of anilines is 1. The number of carbonyl (C=O) groups excluding carboxylic acids is 1. The summed E-state index contributed by atoms with van der Waals surface area (Å²) in [7, 11) is 0. The molecule has 3 N–H and O–H groups in total. The molecule has 1 atom stereocenters. The van der Waals surface area contributed by atoms with Crippen LogP contribution in [0.1, 0.15) is 20.3 Å². The number of nitrogens with one attached hydrogen (secondary N) is 1. The molecule has 0 radical (unpaired) electrons. The summed E-state index contributed by atoms with van der Waals surface area (Å²) in [5.41, 5.74) is 5.92. The first-order valence-electron chi connectivity index (χ1n) is 5.14. The number of aromatic nitrogens is 2. The molecule has 1 rings (SSSR count). The highest BCUT2D eigenvalue weighted by molar-refractivity contribution is 6.38. The predicted octanol–water partition coefficient (Wildman–Crippen LogP) is 2.10. The van der Waals surface area contributed by atoms with Gasteiger partial charge in [0.2, 0.25) is 5.91 Å². The van der Waals surface area contributed by atoms with E-state index in [1.165, 1.54) is 6.33 Å². The van der Waals surface area contributed by atoms with Crippen molar-refractivity contribution in [1.29, 1.82) is 0 Å². The molecular formula is C10H14Cl2N4O. The van der Waals surface area contributed by atoms with Gasteiger partial charge in [-0.25, -0.2) is 9.97 Å². The molecule has 17 heavy (non-hydrogen) atoms. The fourth-order valence-electron chi connectivity index (χ4n) is 1.28. The van der Waals surface area contributed by atoms with Crippen molar-refractivity contribution in [3.8, 4) is 0 Å². The summed E-state index contributed by atoms with van der Waals surface area (Å²) >= 11 is 11.6. The SMILES string of the molecule is CC(C)CC(N)C(=O)Nc1c(Cl)ncnc1Cl. The van der Waals surface area contributed by atoms with Crippen molar-refractivity contribution >= 4 is 34.8 Å². The Hall–Kier alpha value is -0.910. The molecule has 5 nitrogen and oxygen atoms in total. The summed E-state index contributed by atoms with van der Waals surface area (Å²) in [6.45, 7) is 3.97. The van der Waals surface area contributed by atoms with Crippen molar-refractivity contribution in [2.24, 2.45) is 11.7 Å². The van der Waals surface area contributed by atoms with E-state index in [0.29, 0.717) is 12.3 Å². The van der Waals surface area contributed by atoms with E-state index in [4.69, 9.17) is 28.9 Å². The molecule has 94 valence electrons. The number of hydrogen-bond acceptors (Lipinski definition) is 4. The van der Waals surface area contributed by atoms with Crippen molar-refractivity contribution in [2.75, 3.05) is 5.32 Å². The van der Waals surface area contributed by atoms with Crippen LogP contribution in [0, 0.1) is 5.92 Å². The number of hydrogen-bond donors (Lipinski definition) is 2. The third kappa shape index (κ3) is 4.11. The topological polar surface area (TPSA) is 80.9 Å². The number of halogens is 2. The zero-order valence-corrected chi connectivity index (χ0v) is 11.1. The first-order valence-corrected chi connectivity index (χ1v) is 5.89. The molecule has 7 heteroatoms. The molecule has 0 fully saturated rings. The van der Waals surface area contributed by atoms with Gasteiger partial charge in [-0.2, -0.15) is 0 Å². The van der Waals surface area contributed by atoms with Gasteiger partial charge in [-0.05, 0) is 12.3 Å². The highest BCUT2D eigenvalue weighted by atomic mass is 35.5. The van der Waals surface area contributed by atoms with E-state index in [1.807, 2.05) is 13.8 Å². The van der Waals surface area contributed by atoms with Crippen LogP contribution in [0.3, 0.4) is 0 Å². The summed E-state index contributed by atoms with van der Waals surface area (Å²) in [5, 5.41) is 2.72. The quantitative estimate of drug-likeness (QED) is 0.826. The minimum atomic E-state index is -0.609. The molecule has 1 amide bonds. The highest BCUT2D eigenvalue weighted by Crippen LogP contribution is 2.25. The number of amides is 1. The lowest BCUT2D eigenvalue weighted by atomic mass is 10.0. The Labute approximate surface area is 110 Å². The largest absolute Gasteiger partial charge is 0.320 e. The van der Waals surface area contributed by atoms with Crippen LogP contribution in [0.4, 0.5) is 5.69 Å². The number of nitrogens with two attached hydrogens (primary N) is 1. The summed E-state index contributed by atoms with van der Waals surface area (Å²) in [4.78, 5) is 19.2. The second kappa shape index (κ2) is 6.14. The van der Waals surface area contributed by atoms with E-state index in [9.17, 15) is 4.79 Å². The molecule has 0 spiro atoms. The Bertz CT molecular complexity index is 391. The number of rotatable bonds is 4. The predicted molar refractivity (Wildman–Crippen MR) is 68.1 cm³/mol. The van der Waals surface area contributed by atoms with Gasteiger partial charge in [0.1, 0.15) is 12.0 Å². The van der Waals surface area contributed by atoms with Crippen LogP contribution in [0.15, 0.2) is 6.33 Å². The minimum Gasteiger partial charge on any atom is -0.320 e. The molecule has 1 unspecified atom stereocenters. The number of carbonyl (C=O) groups is 1. The Morgan fingerprint density at radius 3 is 2.41 bits per heavy atom. The molecular weight excluding hydrogens is 263 g/mol. The monoisotopic (exact) mass is 276 g/mol. The zero-order chi connectivity index (χ0) is 13.0. The minimum absolute atomic E-state index is 0.0927. The van der Waals surface area contributed by atoms with Crippen LogP contribution in [-0.2, 0) is 4.79 Å². The van der Waals surface area contributed by atoms with Crippen molar-refractivity contribution in [2.45, 2.75) is 26.3 Å². The first-order chi connectivity index (χ1) is 7.91. The average Bonchev–Trinajstić information content (AvgIpc) is 2.22. The van der Waals surface area contributed by atoms with Crippen LogP contribution >= 0.6 is 23.2 Å². The van der Waals surface area contributed by atoms with Gasteiger partial charge in [0.25, 0.3) is 0 Å². The van der Waals surface area contributed by atoms with Gasteiger partial charge in [0.15, 0.2) is 10.3 Å². The van der Waals surface area contributed by atoms with Crippen LogP contribution in [0.25, 0.3) is 0 Å². The second-order valence-corrected chi connectivity index (χ2v) is 4.77. The van der Waals surface area contributed by atoms with Gasteiger partial charge in [0.05, 0.1) is 6.04 Å². The first kappa shape index (κ1) is 14.2. The van der Waals surface area contributed by atoms with Gasteiger partial charge >= 0.3 is 0 Å². The van der Waals surface area contributed by atoms with Gasteiger partial charge in [0, 0.05) is 0 Å². The summed E-state index contributed by atoms with van der Waals surface area (Å²) in [5.74, 6) is -0.0222. The van der Waals surface area contributed by atoms with Gasteiger partial charge in [-0.1, -0.05) is 37.0 Å². The van der Waals surface area contributed by atoms with E-state index in [0.717, 1.165) is 0 Å². The molecule has 0 saturated carbocycles. The van der Waals surface area contributed by atoms with E-state index in [2.05, 4.69) is 15.3 Å². The third-order valence-electron chi connectivity index (χ3n) is 2.07. The smallest absolute Gasteiger partial charge is 0.241 e. The zero-order valence-electron chi connectivity index (χ0n) is 9.58. The summed E-state index contributed by atoms with van der Waals surface area (Å²) in [6.07, 6.45) is 1.79. The lowest BCUT2D eigenvalue weighted by Gasteiger charge is -2.14. The lowest BCUT2D eigenvalue weighted by molar-refractivity contribution is -0.117. The molecule has 1 heterocycles. The maximum absolute atomic E-state index is 11.7. The van der Waals surface area contributed by atoms with Crippen LogP contribution in [-0.4, -0.2) is 21.9 Å². The van der Waals surface area contributed by atoms with E-state index < -0.39 is 6.04 Å². The fourth-order valence-corrected chi connectivity index (χ4v) is 1.69. The molecule has 0 aliphatic heterocycles. The van der Waals surface area contributed by atoms with E-state index in [-0.39, 0.29) is 21.9 Å². The van der Waals surface area contributed by atoms with Gasteiger partial charge < -0.3 is 11.1 Å². The number of nitrogens with zero attached hydrogens (tertiary/aromatic N) is 2. The third-order valence-corrected chi connectivity index (χ3v) is 2.64. The molecule has 0 aliphatic carbocycles. The van der Waals surface area contributed by atoms with Gasteiger partial charge in [-0.15, -0.1) is 0 Å². The maximum atomic E-state index is 11.7. The molecule has 1 aromatic rings. The van der Waals surface area contributed by atoms with E-state index in [1.54, 1.807) is 0 Å².